The summed E-state index contributed by atoms with van der Waals surface area (Å²) in [7, 11) is 3.42. The third-order valence-electron chi connectivity index (χ3n) is 3.53. The zero-order valence-electron chi connectivity index (χ0n) is 14.2. The van der Waals surface area contributed by atoms with Gasteiger partial charge in [-0.3, -0.25) is 0 Å². The molecule has 0 fully saturated rings. The van der Waals surface area contributed by atoms with Gasteiger partial charge >= 0.3 is 177 Å². The third kappa shape index (κ3) is 4.98. The first-order chi connectivity index (χ1) is 12.6. The molecule has 6 heteroatoms. The molecule has 0 aliphatic carbocycles. The van der Waals surface area contributed by atoms with Crippen LogP contribution >= 0.6 is 23.2 Å². The first-order valence-electron chi connectivity index (χ1n) is 7.72. The number of hydrogen-bond acceptors (Lipinski definition) is 2. The topological polar surface area (TPSA) is 18.5 Å². The number of benzene rings is 3. The van der Waals surface area contributed by atoms with Gasteiger partial charge in [0.25, 0.3) is 0 Å². The normalized spacial score (nSPS) is 10.6. The van der Waals surface area contributed by atoms with Crippen LogP contribution in [0.25, 0.3) is 0 Å². The van der Waals surface area contributed by atoms with Crippen LogP contribution in [0.2, 0.25) is 10.0 Å². The van der Waals surface area contributed by atoms with E-state index in [-0.39, 0.29) is 29.9 Å². The van der Waals surface area contributed by atoms with Gasteiger partial charge in [0.05, 0.1) is 0 Å². The van der Waals surface area contributed by atoms with E-state index < -0.39 is 0 Å². The molecule has 0 saturated heterocycles. The number of ether oxygens (including phenoxy) is 2. The van der Waals surface area contributed by atoms with Gasteiger partial charge < -0.3 is 0 Å². The standard InChI is InChI=1S/C20H16Cl2O2Se2/c1-23-17-11-20(26-16-9-5-14(22)6-10-16)18(24-2)12-19(17)25-15-7-3-13(21)4-8-15/h3-12H,1-2H3. The average molecular weight is 517 g/mol. The van der Waals surface area contributed by atoms with Gasteiger partial charge in [-0.1, -0.05) is 0 Å². The molecule has 0 heterocycles. The van der Waals surface area contributed by atoms with Crippen molar-refractivity contribution >= 4 is 71.0 Å². The van der Waals surface area contributed by atoms with E-state index in [4.69, 9.17) is 32.7 Å². The van der Waals surface area contributed by atoms with Crippen LogP contribution in [-0.4, -0.2) is 44.1 Å². The first kappa shape index (κ1) is 19.6. The zero-order valence-corrected chi connectivity index (χ0v) is 19.1. The molecule has 2 nitrogen and oxygen atoms in total. The van der Waals surface area contributed by atoms with Crippen LogP contribution in [0.1, 0.15) is 0 Å². The van der Waals surface area contributed by atoms with Crippen LogP contribution in [0.15, 0.2) is 60.7 Å². The second kappa shape index (κ2) is 9.19. The number of halogens is 2. The Morgan fingerprint density at radius 2 is 0.962 bits per heavy atom. The van der Waals surface area contributed by atoms with Crippen molar-refractivity contribution < 1.29 is 9.47 Å². The van der Waals surface area contributed by atoms with Crippen molar-refractivity contribution in [2.75, 3.05) is 14.2 Å². The van der Waals surface area contributed by atoms with E-state index in [1.54, 1.807) is 14.2 Å². The van der Waals surface area contributed by atoms with E-state index in [0.29, 0.717) is 0 Å². The molecule has 0 aliphatic rings. The van der Waals surface area contributed by atoms with E-state index in [0.717, 1.165) is 30.5 Å². The molecule has 0 atom stereocenters. The Labute approximate surface area is 176 Å². The van der Waals surface area contributed by atoms with Crippen LogP contribution in [-0.2, 0) is 0 Å². The molecular weight excluding hydrogens is 501 g/mol. The van der Waals surface area contributed by atoms with Crippen molar-refractivity contribution in [2.24, 2.45) is 0 Å². The summed E-state index contributed by atoms with van der Waals surface area (Å²) in [5, 5.41) is 1.49. The molecule has 0 amide bonds. The van der Waals surface area contributed by atoms with Gasteiger partial charge in [-0.25, -0.2) is 0 Å². The Hall–Kier alpha value is -1.12. The van der Waals surface area contributed by atoms with Gasteiger partial charge in [0.15, 0.2) is 0 Å². The Morgan fingerprint density at radius 1 is 0.615 bits per heavy atom. The van der Waals surface area contributed by atoms with Crippen LogP contribution in [0.4, 0.5) is 0 Å². The predicted octanol–water partition coefficient (Wildman–Crippen LogP) is 2.32. The number of methoxy groups -OCH3 is 2. The molecule has 0 spiro atoms. The van der Waals surface area contributed by atoms with Crippen molar-refractivity contribution in [3.05, 3.63) is 70.7 Å². The molecule has 134 valence electrons. The zero-order chi connectivity index (χ0) is 18.5. The summed E-state index contributed by atoms with van der Waals surface area (Å²) in [6, 6.07) is 20.1. The van der Waals surface area contributed by atoms with Crippen LogP contribution in [0, 0.1) is 0 Å². The first-order valence-corrected chi connectivity index (χ1v) is 11.9. The van der Waals surface area contributed by atoms with Crippen molar-refractivity contribution in [1.29, 1.82) is 0 Å². The van der Waals surface area contributed by atoms with Crippen molar-refractivity contribution in [1.82, 2.24) is 0 Å². The third-order valence-corrected chi connectivity index (χ3v) is 8.43. The summed E-state index contributed by atoms with van der Waals surface area (Å²) in [4.78, 5) is 0. The Bertz CT molecular complexity index is 806. The SMILES string of the molecule is COc1cc([Se]c2ccc(Cl)cc2)c(OC)cc1[Se]c1ccc(Cl)cc1. The van der Waals surface area contributed by atoms with Crippen LogP contribution in [0.5, 0.6) is 11.5 Å². The Morgan fingerprint density at radius 3 is 1.27 bits per heavy atom. The average Bonchev–Trinajstić information content (AvgIpc) is 2.66. The minimum absolute atomic E-state index is 0.106. The maximum atomic E-state index is 5.98. The monoisotopic (exact) mass is 518 g/mol. The summed E-state index contributed by atoms with van der Waals surface area (Å²) in [6.07, 6.45) is 0. The van der Waals surface area contributed by atoms with E-state index in [1.165, 1.54) is 8.92 Å². The predicted molar refractivity (Wildman–Crippen MR) is 112 cm³/mol. The van der Waals surface area contributed by atoms with Crippen molar-refractivity contribution in [3.63, 3.8) is 0 Å². The molecule has 3 aromatic carbocycles. The van der Waals surface area contributed by atoms with Gasteiger partial charge in [0.2, 0.25) is 0 Å². The van der Waals surface area contributed by atoms with Gasteiger partial charge in [0, 0.05) is 0 Å². The molecule has 3 rings (SSSR count). The summed E-state index contributed by atoms with van der Waals surface area (Å²) in [5.41, 5.74) is 0. The summed E-state index contributed by atoms with van der Waals surface area (Å²) in [6.45, 7) is 0. The Balaban J connectivity index is 1.91. The van der Waals surface area contributed by atoms with E-state index >= 15 is 0 Å². The minimum atomic E-state index is 0.106. The van der Waals surface area contributed by atoms with Gasteiger partial charge in [-0.05, 0) is 0 Å². The molecule has 0 bridgehead atoms. The second-order valence-corrected chi connectivity index (χ2v) is 10.8. The quantitative estimate of drug-likeness (QED) is 0.468. The molecule has 0 aromatic heterocycles. The molecule has 0 saturated carbocycles. The fraction of sp³-hybridized carbons (Fsp3) is 0.100. The number of rotatable bonds is 6. The molecule has 0 unspecified atom stereocenters. The van der Waals surface area contributed by atoms with Crippen molar-refractivity contribution in [3.8, 4) is 11.5 Å². The summed E-state index contributed by atoms with van der Waals surface area (Å²) in [5.74, 6) is 1.79. The molecule has 0 radical (unpaired) electrons. The van der Waals surface area contributed by atoms with Gasteiger partial charge in [0.1, 0.15) is 0 Å². The molecule has 26 heavy (non-hydrogen) atoms. The number of hydrogen-bond donors (Lipinski definition) is 0. The van der Waals surface area contributed by atoms with E-state index in [2.05, 4.69) is 36.4 Å². The molecule has 3 aromatic rings. The van der Waals surface area contributed by atoms with Crippen molar-refractivity contribution in [2.45, 2.75) is 0 Å². The van der Waals surface area contributed by atoms with Gasteiger partial charge in [-0.15, -0.1) is 0 Å². The fourth-order valence-corrected chi connectivity index (χ4v) is 6.44. The molecule has 0 N–H and O–H groups in total. The van der Waals surface area contributed by atoms with E-state index in [9.17, 15) is 0 Å². The molecular formula is C20H16Cl2O2Se2. The summed E-state index contributed by atoms with van der Waals surface area (Å²) < 4.78 is 16.1. The molecule has 0 aliphatic heterocycles. The van der Waals surface area contributed by atoms with Crippen LogP contribution < -0.4 is 27.3 Å². The fourth-order valence-electron chi connectivity index (χ4n) is 2.26. The summed E-state index contributed by atoms with van der Waals surface area (Å²) >= 11 is 12.2. The van der Waals surface area contributed by atoms with Gasteiger partial charge in [-0.2, -0.15) is 0 Å². The second-order valence-electron chi connectivity index (χ2n) is 5.27. The maximum absolute atomic E-state index is 5.98. The Kier molecular flexibility index (Phi) is 6.94. The van der Waals surface area contributed by atoms with E-state index in [1.807, 2.05) is 24.3 Å². The van der Waals surface area contributed by atoms with Crippen LogP contribution in [0.3, 0.4) is 0 Å².